The van der Waals surface area contributed by atoms with Crippen molar-refractivity contribution in [1.82, 2.24) is 19.9 Å². The average Bonchev–Trinajstić information content (AvgIpc) is 2.81. The van der Waals surface area contributed by atoms with Crippen molar-refractivity contribution in [1.29, 1.82) is 0 Å². The van der Waals surface area contributed by atoms with E-state index in [0.717, 1.165) is 19.0 Å². The zero-order chi connectivity index (χ0) is 13.7. The lowest BCUT2D eigenvalue weighted by Crippen LogP contribution is -2.40. The van der Waals surface area contributed by atoms with Crippen LogP contribution in [0.4, 0.5) is 0 Å². The minimum atomic E-state index is -3.48. The molecule has 0 unspecified atom stereocenters. The molecule has 1 aromatic rings. The highest BCUT2D eigenvalue weighted by Gasteiger charge is 2.14. The third kappa shape index (κ3) is 3.65. The number of aliphatic imine (C=N–C) groups is 1. The summed E-state index contributed by atoms with van der Waals surface area (Å²) in [4.78, 5) is 10.2. The van der Waals surface area contributed by atoms with E-state index in [1.807, 2.05) is 11.9 Å². The van der Waals surface area contributed by atoms with Crippen LogP contribution in [0.3, 0.4) is 0 Å². The molecule has 0 saturated carbocycles. The molecule has 0 amide bonds. The summed E-state index contributed by atoms with van der Waals surface area (Å²) in [6, 6.07) is 3.10. The van der Waals surface area contributed by atoms with E-state index < -0.39 is 10.0 Å². The van der Waals surface area contributed by atoms with Crippen molar-refractivity contribution in [2.24, 2.45) is 4.99 Å². The van der Waals surface area contributed by atoms with Crippen LogP contribution >= 0.6 is 0 Å². The molecule has 2 N–H and O–H groups in total. The van der Waals surface area contributed by atoms with Gasteiger partial charge in [0.1, 0.15) is 4.90 Å². The van der Waals surface area contributed by atoms with Gasteiger partial charge in [0.05, 0.1) is 6.54 Å². The summed E-state index contributed by atoms with van der Waals surface area (Å²) in [5, 5.41) is 3.09. The molecule has 0 saturated heterocycles. The van der Waals surface area contributed by atoms with Crippen LogP contribution in [0.1, 0.15) is 0 Å². The van der Waals surface area contributed by atoms with Gasteiger partial charge in [-0.15, -0.1) is 0 Å². The largest absolute Gasteiger partial charge is 0.355 e. The first-order valence-corrected chi connectivity index (χ1v) is 7.47. The average molecular weight is 283 g/mol. The van der Waals surface area contributed by atoms with E-state index in [0.29, 0.717) is 13.1 Å². The van der Waals surface area contributed by atoms with Crippen LogP contribution in [0.2, 0.25) is 0 Å². The Balaban J connectivity index is 1.80. The van der Waals surface area contributed by atoms with Gasteiger partial charge >= 0.3 is 0 Å². The summed E-state index contributed by atoms with van der Waals surface area (Å²) in [6.45, 7) is 2.46. The van der Waals surface area contributed by atoms with Crippen LogP contribution in [0.15, 0.2) is 34.4 Å². The number of guanidine groups is 1. The molecule has 0 spiro atoms. The summed E-state index contributed by atoms with van der Waals surface area (Å²) in [6.07, 6.45) is 2.86. The number of hydrogen-bond donors (Lipinski definition) is 2. The van der Waals surface area contributed by atoms with E-state index in [2.05, 4.69) is 20.0 Å². The van der Waals surface area contributed by atoms with Crippen molar-refractivity contribution in [2.45, 2.75) is 4.90 Å². The Hall–Kier alpha value is -1.67. The molecule has 1 aliphatic heterocycles. The molecule has 1 aliphatic rings. The molecule has 7 nitrogen and oxygen atoms in total. The topological polar surface area (TPSA) is 86.7 Å². The SMILES string of the molecule is CN1CCN=C1NCCNS(=O)(=O)c1cccnc1. The Morgan fingerprint density at radius 1 is 1.42 bits per heavy atom. The highest BCUT2D eigenvalue weighted by atomic mass is 32.2. The third-order valence-corrected chi connectivity index (χ3v) is 4.15. The van der Waals surface area contributed by atoms with Crippen LogP contribution in [0.5, 0.6) is 0 Å². The summed E-state index contributed by atoms with van der Waals surface area (Å²) >= 11 is 0. The molecule has 8 heteroatoms. The molecule has 2 rings (SSSR count). The van der Waals surface area contributed by atoms with Gasteiger partial charge in [0.25, 0.3) is 0 Å². The van der Waals surface area contributed by atoms with Crippen molar-refractivity contribution in [3.05, 3.63) is 24.5 Å². The lowest BCUT2D eigenvalue weighted by atomic mass is 10.5. The molecular formula is C11H17N5O2S. The van der Waals surface area contributed by atoms with Crippen LogP contribution in [-0.2, 0) is 10.0 Å². The maximum atomic E-state index is 11.9. The highest BCUT2D eigenvalue weighted by Crippen LogP contribution is 2.04. The lowest BCUT2D eigenvalue weighted by molar-refractivity contribution is 0.533. The molecule has 0 radical (unpaired) electrons. The first kappa shape index (κ1) is 13.8. The van der Waals surface area contributed by atoms with Crippen molar-refractivity contribution < 1.29 is 8.42 Å². The van der Waals surface area contributed by atoms with Crippen molar-refractivity contribution >= 4 is 16.0 Å². The molecule has 1 aromatic heterocycles. The van der Waals surface area contributed by atoms with E-state index in [1.54, 1.807) is 6.07 Å². The Labute approximate surface area is 112 Å². The summed E-state index contributed by atoms with van der Waals surface area (Å²) in [5.41, 5.74) is 0. The van der Waals surface area contributed by atoms with Gasteiger partial charge in [-0.05, 0) is 12.1 Å². The molecule has 104 valence electrons. The fourth-order valence-corrected chi connectivity index (χ4v) is 2.67. The predicted molar refractivity (Wildman–Crippen MR) is 72.4 cm³/mol. The standard InChI is InChI=1S/C11H17N5O2S/c1-16-8-7-14-11(16)13-5-6-15-19(17,18)10-3-2-4-12-9-10/h2-4,9,15H,5-8H2,1H3,(H,13,14). The second kappa shape index (κ2) is 5.98. The Bertz CT molecular complexity index is 543. The fraction of sp³-hybridized carbons (Fsp3) is 0.455. The van der Waals surface area contributed by atoms with Crippen molar-refractivity contribution in [2.75, 3.05) is 33.2 Å². The van der Waals surface area contributed by atoms with Gasteiger partial charge in [0, 0.05) is 39.1 Å². The maximum absolute atomic E-state index is 11.9. The van der Waals surface area contributed by atoms with E-state index in [9.17, 15) is 8.42 Å². The van der Waals surface area contributed by atoms with Gasteiger partial charge in [-0.2, -0.15) is 0 Å². The minimum absolute atomic E-state index is 0.172. The zero-order valence-corrected chi connectivity index (χ0v) is 11.5. The normalized spacial score (nSPS) is 15.4. The van der Waals surface area contributed by atoms with Gasteiger partial charge in [-0.3, -0.25) is 9.98 Å². The number of sulfonamides is 1. The van der Waals surface area contributed by atoms with E-state index in [1.165, 1.54) is 18.5 Å². The summed E-state index contributed by atoms with van der Waals surface area (Å²) < 4.78 is 26.3. The van der Waals surface area contributed by atoms with Crippen LogP contribution in [-0.4, -0.2) is 57.5 Å². The van der Waals surface area contributed by atoms with Crippen LogP contribution in [0, 0.1) is 0 Å². The number of rotatable bonds is 5. The molecule has 0 fully saturated rings. The monoisotopic (exact) mass is 283 g/mol. The molecule has 0 bridgehead atoms. The van der Waals surface area contributed by atoms with E-state index >= 15 is 0 Å². The Kier molecular flexibility index (Phi) is 4.33. The van der Waals surface area contributed by atoms with Gasteiger partial charge in [0.2, 0.25) is 10.0 Å². The molecule has 0 atom stereocenters. The van der Waals surface area contributed by atoms with Crippen LogP contribution < -0.4 is 10.0 Å². The molecule has 2 heterocycles. The second-order valence-electron chi connectivity index (χ2n) is 4.14. The predicted octanol–water partition coefficient (Wildman–Crippen LogP) is -0.749. The molecule has 19 heavy (non-hydrogen) atoms. The van der Waals surface area contributed by atoms with Crippen molar-refractivity contribution in [3.63, 3.8) is 0 Å². The first-order valence-electron chi connectivity index (χ1n) is 5.99. The number of likely N-dealkylation sites (N-methyl/N-ethyl adjacent to an activating group) is 1. The number of aromatic nitrogens is 1. The lowest BCUT2D eigenvalue weighted by Gasteiger charge is -2.15. The number of hydrogen-bond acceptors (Lipinski definition) is 6. The van der Waals surface area contributed by atoms with Gasteiger partial charge in [0.15, 0.2) is 5.96 Å². The minimum Gasteiger partial charge on any atom is -0.355 e. The van der Waals surface area contributed by atoms with Gasteiger partial charge < -0.3 is 10.2 Å². The number of pyridine rings is 1. The highest BCUT2D eigenvalue weighted by molar-refractivity contribution is 7.89. The third-order valence-electron chi connectivity index (χ3n) is 2.70. The number of nitrogens with one attached hydrogen (secondary N) is 2. The zero-order valence-electron chi connectivity index (χ0n) is 10.7. The van der Waals surface area contributed by atoms with Crippen molar-refractivity contribution in [3.8, 4) is 0 Å². The van der Waals surface area contributed by atoms with E-state index in [4.69, 9.17) is 0 Å². The summed E-state index contributed by atoms with van der Waals surface area (Å²) in [5.74, 6) is 0.806. The Morgan fingerprint density at radius 2 is 2.26 bits per heavy atom. The quantitative estimate of drug-likeness (QED) is 0.695. The van der Waals surface area contributed by atoms with Gasteiger partial charge in [-0.25, -0.2) is 13.1 Å². The maximum Gasteiger partial charge on any atom is 0.242 e. The molecular weight excluding hydrogens is 266 g/mol. The Morgan fingerprint density at radius 3 is 2.89 bits per heavy atom. The number of nitrogens with zero attached hydrogens (tertiary/aromatic N) is 3. The summed E-state index contributed by atoms with van der Waals surface area (Å²) in [7, 11) is -1.53. The van der Waals surface area contributed by atoms with E-state index in [-0.39, 0.29) is 4.90 Å². The van der Waals surface area contributed by atoms with Gasteiger partial charge in [-0.1, -0.05) is 0 Å². The smallest absolute Gasteiger partial charge is 0.242 e. The first-order chi connectivity index (χ1) is 9.09. The molecule has 0 aliphatic carbocycles. The second-order valence-corrected chi connectivity index (χ2v) is 5.91. The molecule has 0 aromatic carbocycles. The fourth-order valence-electron chi connectivity index (χ4n) is 1.67. The van der Waals surface area contributed by atoms with Crippen LogP contribution in [0.25, 0.3) is 0 Å².